The van der Waals surface area contributed by atoms with Gasteiger partial charge in [-0.25, -0.2) is 9.97 Å². The quantitative estimate of drug-likeness (QED) is 0.818. The minimum atomic E-state index is 0.340. The molecule has 0 amide bonds. The Morgan fingerprint density at radius 2 is 2.05 bits per heavy atom. The maximum absolute atomic E-state index is 5.00. The van der Waals surface area contributed by atoms with Crippen molar-refractivity contribution in [3.05, 3.63) is 18.0 Å². The van der Waals surface area contributed by atoms with Crippen LogP contribution in [0, 0.1) is 0 Å². The Balaban J connectivity index is 2.06. The molecule has 0 saturated carbocycles. The first-order valence-electron chi connectivity index (χ1n) is 7.28. The average molecular weight is 263 g/mol. The average Bonchev–Trinajstić information content (AvgIpc) is 2.43. The first-order chi connectivity index (χ1) is 9.18. The van der Waals surface area contributed by atoms with Gasteiger partial charge in [-0.1, -0.05) is 19.8 Å². The lowest BCUT2D eigenvalue weighted by molar-refractivity contribution is 0.0455. The summed E-state index contributed by atoms with van der Waals surface area (Å²) in [4.78, 5) is 11.0. The van der Waals surface area contributed by atoms with Crippen LogP contribution in [0.5, 0.6) is 6.01 Å². The van der Waals surface area contributed by atoms with E-state index in [9.17, 15) is 0 Å². The molecule has 4 heteroatoms. The summed E-state index contributed by atoms with van der Waals surface area (Å²) in [6.45, 7) is 6.80. The van der Waals surface area contributed by atoms with E-state index in [1.54, 1.807) is 7.11 Å². The molecule has 0 aromatic carbocycles. The molecule has 2 heterocycles. The molecular weight excluding hydrogens is 238 g/mol. The van der Waals surface area contributed by atoms with Crippen LogP contribution in [0.2, 0.25) is 0 Å². The van der Waals surface area contributed by atoms with Crippen molar-refractivity contribution in [1.29, 1.82) is 0 Å². The van der Waals surface area contributed by atoms with Gasteiger partial charge in [0.15, 0.2) is 0 Å². The lowest BCUT2D eigenvalue weighted by atomic mass is 9.84. The number of piperidine rings is 1. The first kappa shape index (κ1) is 14.3. The minimum Gasteiger partial charge on any atom is -0.467 e. The third kappa shape index (κ3) is 3.44. The molecule has 0 N–H and O–H groups in total. The van der Waals surface area contributed by atoms with Crippen LogP contribution in [-0.2, 0) is 6.54 Å². The molecule has 1 atom stereocenters. The van der Waals surface area contributed by atoms with Gasteiger partial charge < -0.3 is 4.74 Å². The van der Waals surface area contributed by atoms with Crippen LogP contribution >= 0.6 is 0 Å². The summed E-state index contributed by atoms with van der Waals surface area (Å²) < 4.78 is 5.00. The first-order valence-corrected chi connectivity index (χ1v) is 7.28. The number of hydrogen-bond acceptors (Lipinski definition) is 4. The lowest BCUT2D eigenvalue weighted by Crippen LogP contribution is -2.49. The third-order valence-corrected chi connectivity index (χ3v) is 4.18. The van der Waals surface area contributed by atoms with Gasteiger partial charge in [0.05, 0.1) is 7.11 Å². The number of rotatable bonds is 5. The van der Waals surface area contributed by atoms with Crippen LogP contribution in [0.3, 0.4) is 0 Å². The Kier molecular flexibility index (Phi) is 4.75. The Hall–Kier alpha value is -1.16. The van der Waals surface area contributed by atoms with Crippen LogP contribution < -0.4 is 4.74 Å². The van der Waals surface area contributed by atoms with E-state index < -0.39 is 0 Å². The van der Waals surface area contributed by atoms with Crippen molar-refractivity contribution in [2.24, 2.45) is 0 Å². The summed E-state index contributed by atoms with van der Waals surface area (Å²) in [5.41, 5.74) is 1.51. The third-order valence-electron chi connectivity index (χ3n) is 4.18. The molecule has 19 heavy (non-hydrogen) atoms. The standard InChI is InChI=1S/C15H25N3O/c1-4-7-15(2)8-5-6-9-18(15)12-13-10-16-14(19-3)17-11-13/h10-11H,4-9,12H2,1-3H3. The summed E-state index contributed by atoms with van der Waals surface area (Å²) in [7, 11) is 1.60. The van der Waals surface area contributed by atoms with Crippen LogP contribution in [-0.4, -0.2) is 34.1 Å². The topological polar surface area (TPSA) is 38.2 Å². The van der Waals surface area contributed by atoms with Crippen LogP contribution in [0.4, 0.5) is 0 Å². The normalized spacial score (nSPS) is 24.4. The molecule has 2 rings (SSSR count). The predicted octanol–water partition coefficient (Wildman–Crippen LogP) is 3.03. The number of hydrogen-bond donors (Lipinski definition) is 0. The zero-order valence-electron chi connectivity index (χ0n) is 12.4. The molecule has 0 aliphatic carbocycles. The largest absolute Gasteiger partial charge is 0.467 e. The molecule has 1 unspecified atom stereocenters. The molecule has 1 fully saturated rings. The van der Waals surface area contributed by atoms with E-state index in [1.807, 2.05) is 12.4 Å². The van der Waals surface area contributed by atoms with Crippen molar-refractivity contribution in [2.75, 3.05) is 13.7 Å². The number of ether oxygens (including phenoxy) is 1. The fraction of sp³-hybridized carbons (Fsp3) is 0.733. The zero-order valence-corrected chi connectivity index (χ0v) is 12.4. The van der Waals surface area contributed by atoms with Crippen LogP contribution in [0.1, 0.15) is 51.5 Å². The summed E-state index contributed by atoms with van der Waals surface area (Å²) in [5, 5.41) is 0. The highest BCUT2D eigenvalue weighted by atomic mass is 16.5. The summed E-state index contributed by atoms with van der Waals surface area (Å²) >= 11 is 0. The smallest absolute Gasteiger partial charge is 0.316 e. The number of nitrogens with zero attached hydrogens (tertiary/aromatic N) is 3. The van der Waals surface area contributed by atoms with E-state index >= 15 is 0 Å². The molecule has 106 valence electrons. The van der Waals surface area contributed by atoms with E-state index in [0.29, 0.717) is 11.5 Å². The number of methoxy groups -OCH3 is 1. The van der Waals surface area contributed by atoms with Crippen molar-refractivity contribution >= 4 is 0 Å². The Morgan fingerprint density at radius 3 is 2.68 bits per heavy atom. The van der Waals surface area contributed by atoms with Crippen molar-refractivity contribution in [1.82, 2.24) is 14.9 Å². The van der Waals surface area contributed by atoms with Crippen molar-refractivity contribution in [3.63, 3.8) is 0 Å². The van der Waals surface area contributed by atoms with Crippen molar-refractivity contribution in [3.8, 4) is 6.01 Å². The molecule has 0 spiro atoms. The summed E-state index contributed by atoms with van der Waals surface area (Å²) in [5.74, 6) is 0. The van der Waals surface area contributed by atoms with E-state index in [2.05, 4.69) is 28.7 Å². The van der Waals surface area contributed by atoms with Gasteiger partial charge in [-0.2, -0.15) is 0 Å². The van der Waals surface area contributed by atoms with Gasteiger partial charge in [0.1, 0.15) is 0 Å². The SMILES string of the molecule is CCCC1(C)CCCCN1Cc1cnc(OC)nc1. The minimum absolute atomic E-state index is 0.340. The van der Waals surface area contributed by atoms with E-state index in [1.165, 1.54) is 44.2 Å². The Morgan fingerprint density at radius 1 is 1.32 bits per heavy atom. The second-order valence-corrected chi connectivity index (χ2v) is 5.70. The highest BCUT2D eigenvalue weighted by Gasteiger charge is 2.33. The van der Waals surface area contributed by atoms with Gasteiger partial charge in [0.25, 0.3) is 0 Å². The monoisotopic (exact) mass is 263 g/mol. The molecular formula is C15H25N3O. The van der Waals surface area contributed by atoms with Crippen molar-refractivity contribution in [2.45, 2.75) is 58.0 Å². The van der Waals surface area contributed by atoms with Crippen molar-refractivity contribution < 1.29 is 4.74 Å². The Labute approximate surface area is 116 Å². The lowest BCUT2D eigenvalue weighted by Gasteiger charge is -2.45. The predicted molar refractivity (Wildman–Crippen MR) is 76.2 cm³/mol. The molecule has 4 nitrogen and oxygen atoms in total. The fourth-order valence-electron chi connectivity index (χ4n) is 3.08. The molecule has 1 aliphatic rings. The van der Waals surface area contributed by atoms with E-state index in [0.717, 1.165) is 6.54 Å². The van der Waals surface area contributed by atoms with E-state index in [4.69, 9.17) is 4.74 Å². The molecule has 0 radical (unpaired) electrons. The van der Waals surface area contributed by atoms with Gasteiger partial charge >= 0.3 is 6.01 Å². The van der Waals surface area contributed by atoms with Gasteiger partial charge in [0, 0.05) is 30.0 Å². The van der Waals surface area contributed by atoms with Gasteiger partial charge in [0.2, 0.25) is 0 Å². The zero-order chi connectivity index (χ0) is 13.7. The van der Waals surface area contributed by atoms with Crippen LogP contribution in [0.15, 0.2) is 12.4 Å². The summed E-state index contributed by atoms with van der Waals surface area (Å²) in [6.07, 6.45) is 10.2. The summed E-state index contributed by atoms with van der Waals surface area (Å²) in [6, 6.07) is 0.443. The highest BCUT2D eigenvalue weighted by Crippen LogP contribution is 2.33. The molecule has 1 aromatic rings. The van der Waals surface area contributed by atoms with Gasteiger partial charge in [-0.3, -0.25) is 4.90 Å². The molecule has 1 saturated heterocycles. The second kappa shape index (κ2) is 6.33. The number of aromatic nitrogens is 2. The maximum atomic E-state index is 5.00. The fourth-order valence-corrected chi connectivity index (χ4v) is 3.08. The second-order valence-electron chi connectivity index (χ2n) is 5.70. The van der Waals surface area contributed by atoms with Gasteiger partial charge in [-0.15, -0.1) is 0 Å². The maximum Gasteiger partial charge on any atom is 0.316 e. The molecule has 1 aromatic heterocycles. The molecule has 0 bridgehead atoms. The molecule has 1 aliphatic heterocycles. The van der Waals surface area contributed by atoms with Gasteiger partial charge in [-0.05, 0) is 32.7 Å². The van der Waals surface area contributed by atoms with E-state index in [-0.39, 0.29) is 0 Å². The Bertz CT molecular complexity index is 389. The van der Waals surface area contributed by atoms with Crippen LogP contribution in [0.25, 0.3) is 0 Å². The highest BCUT2D eigenvalue weighted by molar-refractivity contribution is 5.08. The number of likely N-dealkylation sites (tertiary alicyclic amines) is 1.